The average Bonchev–Trinajstić information content (AvgIpc) is 2.92. The number of carbonyl (C=O) groups is 1. The lowest BCUT2D eigenvalue weighted by atomic mass is 9.79. The summed E-state index contributed by atoms with van der Waals surface area (Å²) < 4.78 is 0. The third-order valence-electron chi connectivity index (χ3n) is 4.02. The van der Waals surface area contributed by atoms with Crippen LogP contribution in [-0.2, 0) is 10.2 Å². The van der Waals surface area contributed by atoms with E-state index in [4.69, 9.17) is 0 Å². The second-order valence-electron chi connectivity index (χ2n) is 5.15. The van der Waals surface area contributed by atoms with E-state index in [0.29, 0.717) is 0 Å². The number of imidazole rings is 1. The SMILES string of the molecule is Cc1nc2ccc(C3(C(=O)O)CCCC3)cc2[nH]1. The van der Waals surface area contributed by atoms with Crippen LogP contribution in [-0.4, -0.2) is 21.0 Å². The molecule has 1 fully saturated rings. The van der Waals surface area contributed by atoms with E-state index >= 15 is 0 Å². The number of aryl methyl sites for hydroxylation is 1. The molecule has 2 aromatic rings. The van der Waals surface area contributed by atoms with Gasteiger partial charge in [-0.25, -0.2) is 4.98 Å². The van der Waals surface area contributed by atoms with Gasteiger partial charge in [0.05, 0.1) is 16.4 Å². The fraction of sp³-hybridized carbons (Fsp3) is 0.429. The Morgan fingerprint density at radius 2 is 2.11 bits per heavy atom. The zero-order valence-corrected chi connectivity index (χ0v) is 10.4. The lowest BCUT2D eigenvalue weighted by Crippen LogP contribution is -2.32. The van der Waals surface area contributed by atoms with Gasteiger partial charge in [-0.15, -0.1) is 0 Å². The van der Waals surface area contributed by atoms with Crippen molar-refractivity contribution in [2.24, 2.45) is 0 Å². The Morgan fingerprint density at radius 1 is 1.39 bits per heavy atom. The maximum absolute atomic E-state index is 11.6. The Morgan fingerprint density at radius 3 is 2.78 bits per heavy atom. The minimum absolute atomic E-state index is 0.687. The number of H-pyrrole nitrogens is 1. The van der Waals surface area contributed by atoms with Crippen molar-refractivity contribution >= 4 is 17.0 Å². The second kappa shape index (κ2) is 3.83. The van der Waals surface area contributed by atoms with E-state index < -0.39 is 11.4 Å². The summed E-state index contributed by atoms with van der Waals surface area (Å²) in [7, 11) is 0. The minimum Gasteiger partial charge on any atom is -0.481 e. The molecule has 4 heteroatoms. The molecule has 18 heavy (non-hydrogen) atoms. The topological polar surface area (TPSA) is 66.0 Å². The van der Waals surface area contributed by atoms with Crippen molar-refractivity contribution in [3.63, 3.8) is 0 Å². The molecule has 0 spiro atoms. The fourth-order valence-corrected chi connectivity index (χ4v) is 3.04. The van der Waals surface area contributed by atoms with Gasteiger partial charge < -0.3 is 10.1 Å². The van der Waals surface area contributed by atoms with E-state index in [0.717, 1.165) is 48.1 Å². The zero-order chi connectivity index (χ0) is 12.8. The Kier molecular flexibility index (Phi) is 2.40. The highest BCUT2D eigenvalue weighted by Gasteiger charge is 2.42. The van der Waals surface area contributed by atoms with Gasteiger partial charge in [0.2, 0.25) is 0 Å². The summed E-state index contributed by atoms with van der Waals surface area (Å²) in [5.74, 6) is 0.161. The fourth-order valence-electron chi connectivity index (χ4n) is 3.04. The third-order valence-corrected chi connectivity index (χ3v) is 4.02. The van der Waals surface area contributed by atoms with Gasteiger partial charge >= 0.3 is 5.97 Å². The van der Waals surface area contributed by atoms with Crippen LogP contribution in [0, 0.1) is 6.92 Å². The quantitative estimate of drug-likeness (QED) is 0.853. The zero-order valence-electron chi connectivity index (χ0n) is 10.4. The number of nitrogens with one attached hydrogen (secondary N) is 1. The van der Waals surface area contributed by atoms with Gasteiger partial charge in [-0.1, -0.05) is 18.9 Å². The van der Waals surface area contributed by atoms with Crippen LogP contribution in [0.4, 0.5) is 0 Å². The number of carboxylic acid groups (broad SMARTS) is 1. The minimum atomic E-state index is -0.699. The highest BCUT2D eigenvalue weighted by molar-refractivity contribution is 5.84. The maximum Gasteiger partial charge on any atom is 0.314 e. The highest BCUT2D eigenvalue weighted by atomic mass is 16.4. The van der Waals surface area contributed by atoms with Crippen molar-refractivity contribution in [2.45, 2.75) is 38.0 Å². The van der Waals surface area contributed by atoms with Crippen LogP contribution >= 0.6 is 0 Å². The molecule has 1 aliphatic carbocycles. The predicted octanol–water partition coefficient (Wildman–Crippen LogP) is 2.77. The molecule has 1 saturated carbocycles. The van der Waals surface area contributed by atoms with Gasteiger partial charge in [0.25, 0.3) is 0 Å². The number of hydrogen-bond acceptors (Lipinski definition) is 2. The van der Waals surface area contributed by atoms with Crippen LogP contribution in [0.25, 0.3) is 11.0 Å². The molecule has 1 aliphatic rings. The predicted molar refractivity (Wildman–Crippen MR) is 68.6 cm³/mol. The molecule has 0 atom stereocenters. The molecule has 3 rings (SSSR count). The number of carboxylic acids is 1. The van der Waals surface area contributed by atoms with Crippen molar-refractivity contribution < 1.29 is 9.90 Å². The molecule has 0 aliphatic heterocycles. The van der Waals surface area contributed by atoms with E-state index in [-0.39, 0.29) is 0 Å². The standard InChI is InChI=1S/C14H16N2O2/c1-9-15-11-5-4-10(8-12(11)16-9)14(13(17)18)6-2-3-7-14/h4-5,8H,2-3,6-7H2,1H3,(H,15,16)(H,17,18). The van der Waals surface area contributed by atoms with Gasteiger partial charge in [-0.2, -0.15) is 0 Å². The molecule has 0 bridgehead atoms. The van der Waals surface area contributed by atoms with Crippen molar-refractivity contribution in [3.05, 3.63) is 29.6 Å². The first kappa shape index (κ1) is 11.3. The number of aromatic amines is 1. The number of nitrogens with zero attached hydrogens (tertiary/aromatic N) is 1. The lowest BCUT2D eigenvalue weighted by molar-refractivity contribution is -0.143. The number of rotatable bonds is 2. The summed E-state index contributed by atoms with van der Waals surface area (Å²) in [6.07, 6.45) is 3.46. The normalized spacial score (nSPS) is 18.3. The molecule has 0 unspecified atom stereocenters. The largest absolute Gasteiger partial charge is 0.481 e. The summed E-state index contributed by atoms with van der Waals surface area (Å²) >= 11 is 0. The Balaban J connectivity index is 2.14. The van der Waals surface area contributed by atoms with Crippen LogP contribution in [0.5, 0.6) is 0 Å². The van der Waals surface area contributed by atoms with Crippen LogP contribution in [0.15, 0.2) is 18.2 Å². The lowest BCUT2D eigenvalue weighted by Gasteiger charge is -2.24. The van der Waals surface area contributed by atoms with Gasteiger partial charge in [-0.05, 0) is 37.5 Å². The third kappa shape index (κ3) is 1.52. The first-order chi connectivity index (χ1) is 8.62. The summed E-state index contributed by atoms with van der Waals surface area (Å²) in [5.41, 5.74) is 2.05. The number of benzene rings is 1. The molecule has 0 radical (unpaired) electrons. The molecule has 94 valence electrons. The van der Waals surface area contributed by atoms with Crippen molar-refractivity contribution in [1.82, 2.24) is 9.97 Å². The Labute approximate surface area is 105 Å². The number of fused-ring (bicyclic) bond motifs is 1. The number of aliphatic carboxylic acids is 1. The van der Waals surface area contributed by atoms with Gasteiger partial charge in [-0.3, -0.25) is 4.79 Å². The second-order valence-corrected chi connectivity index (χ2v) is 5.15. The van der Waals surface area contributed by atoms with Crippen LogP contribution in [0.2, 0.25) is 0 Å². The van der Waals surface area contributed by atoms with Gasteiger partial charge in [0, 0.05) is 0 Å². The van der Waals surface area contributed by atoms with Crippen molar-refractivity contribution in [3.8, 4) is 0 Å². The molecular formula is C14H16N2O2. The molecule has 0 saturated heterocycles. The van der Waals surface area contributed by atoms with E-state index in [1.165, 1.54) is 0 Å². The molecule has 4 nitrogen and oxygen atoms in total. The first-order valence-electron chi connectivity index (χ1n) is 6.32. The van der Waals surface area contributed by atoms with Crippen LogP contribution < -0.4 is 0 Å². The average molecular weight is 244 g/mol. The summed E-state index contributed by atoms with van der Waals surface area (Å²) in [6, 6.07) is 5.79. The Bertz CT molecular complexity index is 609. The molecular weight excluding hydrogens is 228 g/mol. The summed E-state index contributed by atoms with van der Waals surface area (Å²) in [6.45, 7) is 1.90. The Hall–Kier alpha value is -1.84. The van der Waals surface area contributed by atoms with Crippen molar-refractivity contribution in [2.75, 3.05) is 0 Å². The van der Waals surface area contributed by atoms with Gasteiger partial charge in [0.15, 0.2) is 0 Å². The van der Waals surface area contributed by atoms with Gasteiger partial charge in [0.1, 0.15) is 5.82 Å². The van der Waals surface area contributed by atoms with E-state index in [1.807, 2.05) is 25.1 Å². The molecule has 0 amide bonds. The molecule has 1 heterocycles. The van der Waals surface area contributed by atoms with E-state index in [9.17, 15) is 9.90 Å². The number of hydrogen-bond donors (Lipinski definition) is 2. The van der Waals surface area contributed by atoms with Crippen LogP contribution in [0.3, 0.4) is 0 Å². The monoisotopic (exact) mass is 244 g/mol. The molecule has 2 N–H and O–H groups in total. The van der Waals surface area contributed by atoms with Crippen molar-refractivity contribution in [1.29, 1.82) is 0 Å². The molecule has 1 aromatic heterocycles. The highest BCUT2D eigenvalue weighted by Crippen LogP contribution is 2.41. The summed E-state index contributed by atoms with van der Waals surface area (Å²) in [4.78, 5) is 19.2. The smallest absolute Gasteiger partial charge is 0.314 e. The first-order valence-corrected chi connectivity index (χ1v) is 6.32. The van der Waals surface area contributed by atoms with Crippen LogP contribution in [0.1, 0.15) is 37.1 Å². The van der Waals surface area contributed by atoms with E-state index in [2.05, 4.69) is 9.97 Å². The van der Waals surface area contributed by atoms with E-state index in [1.54, 1.807) is 0 Å². The summed E-state index contributed by atoms with van der Waals surface area (Å²) in [5, 5.41) is 9.57. The molecule has 1 aromatic carbocycles. The number of aromatic nitrogens is 2. The maximum atomic E-state index is 11.6.